The molecule has 2 saturated carbocycles. The Hall–Kier alpha value is -2.63. The van der Waals surface area contributed by atoms with E-state index in [0.29, 0.717) is 17.4 Å². The number of fused-ring (bicyclic) bond motifs is 1. The van der Waals surface area contributed by atoms with Crippen LogP contribution in [-0.2, 0) is 0 Å². The Balaban J connectivity index is 1.58. The zero-order valence-electron chi connectivity index (χ0n) is 12.0. The molecule has 6 nitrogen and oxygen atoms in total. The molecule has 3 aromatic rings. The maximum absolute atomic E-state index is 5.89. The number of nitrogens with two attached hydrogens (primary N) is 1. The molecule has 0 aliphatic heterocycles. The molecule has 1 aromatic carbocycles. The summed E-state index contributed by atoms with van der Waals surface area (Å²) in [6.45, 7) is 0. The molecule has 0 saturated heterocycles. The smallest absolute Gasteiger partial charge is 0.222 e. The zero-order chi connectivity index (χ0) is 14.7. The lowest BCUT2D eigenvalue weighted by molar-refractivity contribution is 0.850. The monoisotopic (exact) mass is 292 g/mol. The van der Waals surface area contributed by atoms with Gasteiger partial charge in [0.05, 0.1) is 11.2 Å². The van der Waals surface area contributed by atoms with Gasteiger partial charge in [-0.15, -0.1) is 0 Å². The number of nitrogen functional groups attached to an aromatic ring is 1. The van der Waals surface area contributed by atoms with Crippen LogP contribution in [0, 0.1) is 5.41 Å². The van der Waals surface area contributed by atoms with Gasteiger partial charge in [-0.1, -0.05) is 6.07 Å². The number of aromatic nitrogens is 4. The first-order valence-corrected chi connectivity index (χ1v) is 7.57. The molecule has 6 heteroatoms. The molecular weight excluding hydrogens is 276 g/mol. The van der Waals surface area contributed by atoms with Gasteiger partial charge in [0, 0.05) is 23.2 Å². The lowest BCUT2D eigenvalue weighted by atomic mass is 10.1. The van der Waals surface area contributed by atoms with Crippen molar-refractivity contribution in [2.75, 3.05) is 11.1 Å². The summed E-state index contributed by atoms with van der Waals surface area (Å²) < 4.78 is 0. The minimum atomic E-state index is 0.308. The topological polar surface area (TPSA) is 92.5 Å². The fourth-order valence-electron chi connectivity index (χ4n) is 3.27. The number of nitrogens with zero attached hydrogens (tertiary/aromatic N) is 3. The molecule has 0 amide bonds. The largest absolute Gasteiger partial charge is 0.368 e. The van der Waals surface area contributed by atoms with Gasteiger partial charge in [0.1, 0.15) is 5.82 Å². The number of hydrogen-bond acceptors (Lipinski definition) is 5. The van der Waals surface area contributed by atoms with E-state index in [1.54, 1.807) is 6.20 Å². The molecule has 4 N–H and O–H groups in total. The zero-order valence-corrected chi connectivity index (χ0v) is 12.0. The lowest BCUT2D eigenvalue weighted by Gasteiger charge is -2.10. The van der Waals surface area contributed by atoms with Crippen LogP contribution >= 0.6 is 0 Å². The highest BCUT2D eigenvalue weighted by Crippen LogP contribution is 2.66. The van der Waals surface area contributed by atoms with Gasteiger partial charge in [-0.3, -0.25) is 5.10 Å². The molecule has 110 valence electrons. The van der Waals surface area contributed by atoms with Crippen molar-refractivity contribution < 1.29 is 0 Å². The van der Waals surface area contributed by atoms with E-state index in [4.69, 9.17) is 5.73 Å². The maximum atomic E-state index is 5.89. The van der Waals surface area contributed by atoms with Crippen molar-refractivity contribution in [2.24, 2.45) is 5.41 Å². The Labute approximate surface area is 127 Å². The number of rotatable bonds is 3. The molecule has 2 heterocycles. The second kappa shape index (κ2) is 3.97. The van der Waals surface area contributed by atoms with E-state index in [1.807, 2.05) is 12.1 Å². The van der Waals surface area contributed by atoms with Crippen molar-refractivity contribution in [1.82, 2.24) is 20.2 Å². The van der Waals surface area contributed by atoms with E-state index in [0.717, 1.165) is 28.0 Å². The molecule has 2 aliphatic carbocycles. The average Bonchev–Trinajstić information content (AvgIpc) is 3.35. The van der Waals surface area contributed by atoms with Crippen LogP contribution in [-0.4, -0.2) is 26.2 Å². The molecule has 1 spiro atoms. The number of H-pyrrole nitrogens is 1. The van der Waals surface area contributed by atoms with E-state index in [9.17, 15) is 0 Å². The Morgan fingerprint density at radius 3 is 2.86 bits per heavy atom. The third-order valence-corrected chi connectivity index (χ3v) is 4.92. The summed E-state index contributed by atoms with van der Waals surface area (Å²) in [7, 11) is 0. The van der Waals surface area contributed by atoms with Crippen molar-refractivity contribution >= 4 is 22.7 Å². The van der Waals surface area contributed by atoms with Crippen LogP contribution in [0.5, 0.6) is 0 Å². The number of nitrogens with one attached hydrogen (secondary N) is 2. The first kappa shape index (κ1) is 12.0. The van der Waals surface area contributed by atoms with Gasteiger partial charge in [0.2, 0.25) is 5.95 Å². The summed E-state index contributed by atoms with van der Waals surface area (Å²) in [6, 6.07) is 8.62. The van der Waals surface area contributed by atoms with Crippen molar-refractivity contribution in [3.05, 3.63) is 30.5 Å². The summed E-state index contributed by atoms with van der Waals surface area (Å²) in [4.78, 5) is 8.78. The average molecular weight is 292 g/mol. The van der Waals surface area contributed by atoms with Crippen molar-refractivity contribution in [1.29, 1.82) is 0 Å². The molecule has 1 unspecified atom stereocenters. The summed E-state index contributed by atoms with van der Waals surface area (Å²) in [6.07, 6.45) is 5.67. The quantitative estimate of drug-likeness (QED) is 0.690. The fraction of sp³-hybridized carbons (Fsp3) is 0.312. The van der Waals surface area contributed by atoms with E-state index >= 15 is 0 Å². The van der Waals surface area contributed by atoms with E-state index in [1.165, 1.54) is 19.3 Å². The minimum absolute atomic E-state index is 0.308. The lowest BCUT2D eigenvalue weighted by Crippen LogP contribution is -2.09. The molecule has 1 atom stereocenters. The van der Waals surface area contributed by atoms with Crippen molar-refractivity contribution in [3.8, 4) is 11.3 Å². The van der Waals surface area contributed by atoms with Crippen LogP contribution in [0.15, 0.2) is 30.5 Å². The maximum Gasteiger partial charge on any atom is 0.222 e. The molecule has 2 fully saturated rings. The number of benzene rings is 1. The van der Waals surface area contributed by atoms with Crippen LogP contribution in [0.1, 0.15) is 19.3 Å². The highest BCUT2D eigenvalue weighted by atomic mass is 15.1. The third kappa shape index (κ3) is 1.76. The van der Waals surface area contributed by atoms with Gasteiger partial charge in [-0.2, -0.15) is 10.1 Å². The Morgan fingerprint density at radius 2 is 2.14 bits per heavy atom. The summed E-state index contributed by atoms with van der Waals surface area (Å²) >= 11 is 0. The highest BCUT2D eigenvalue weighted by Gasteiger charge is 2.63. The van der Waals surface area contributed by atoms with Gasteiger partial charge in [0.15, 0.2) is 0 Å². The van der Waals surface area contributed by atoms with Gasteiger partial charge in [-0.05, 0) is 42.9 Å². The minimum Gasteiger partial charge on any atom is -0.368 e. The predicted octanol–water partition coefficient (Wildman–Crippen LogP) is 2.57. The third-order valence-electron chi connectivity index (χ3n) is 4.92. The van der Waals surface area contributed by atoms with Gasteiger partial charge >= 0.3 is 0 Å². The van der Waals surface area contributed by atoms with Crippen LogP contribution < -0.4 is 11.1 Å². The summed E-state index contributed by atoms with van der Waals surface area (Å²) in [5.74, 6) is 1.16. The fourth-order valence-corrected chi connectivity index (χ4v) is 3.27. The molecular formula is C16H16N6. The van der Waals surface area contributed by atoms with Crippen LogP contribution in [0.4, 0.5) is 11.8 Å². The second-order valence-corrected chi connectivity index (χ2v) is 6.40. The van der Waals surface area contributed by atoms with Gasteiger partial charge in [0.25, 0.3) is 0 Å². The second-order valence-electron chi connectivity index (χ2n) is 6.40. The Kier molecular flexibility index (Phi) is 2.16. The number of hydrogen-bond donors (Lipinski definition) is 3. The molecule has 5 rings (SSSR count). The van der Waals surface area contributed by atoms with Crippen LogP contribution in [0.3, 0.4) is 0 Å². The van der Waals surface area contributed by atoms with E-state index in [-0.39, 0.29) is 0 Å². The van der Waals surface area contributed by atoms with Crippen molar-refractivity contribution in [2.45, 2.75) is 25.3 Å². The van der Waals surface area contributed by atoms with Crippen LogP contribution in [0.2, 0.25) is 0 Å². The summed E-state index contributed by atoms with van der Waals surface area (Å²) in [5.41, 5.74) is 9.32. The Bertz CT molecular complexity index is 866. The molecule has 0 bridgehead atoms. The van der Waals surface area contributed by atoms with Crippen LogP contribution in [0.25, 0.3) is 22.2 Å². The number of anilines is 2. The first-order chi connectivity index (χ1) is 10.7. The van der Waals surface area contributed by atoms with Gasteiger partial charge in [-0.25, -0.2) is 4.98 Å². The number of aromatic amines is 1. The van der Waals surface area contributed by atoms with Crippen molar-refractivity contribution in [3.63, 3.8) is 0 Å². The molecule has 2 aromatic heterocycles. The van der Waals surface area contributed by atoms with Gasteiger partial charge < -0.3 is 11.1 Å². The summed E-state index contributed by atoms with van der Waals surface area (Å²) in [5, 5.41) is 11.5. The SMILES string of the molecule is Nc1nc(NC2CC23CC3)c2ccc(-c3ccn[nH]3)cc2n1. The molecule has 22 heavy (non-hydrogen) atoms. The first-order valence-electron chi connectivity index (χ1n) is 7.57. The normalized spacial score (nSPS) is 21.2. The standard InChI is InChI=1S/C16H16N6/c17-15-19-12-7-9(11-3-6-18-22-11)1-2-10(12)14(21-15)20-13-8-16(13)4-5-16/h1-3,6-7,13H,4-5,8H2,(H,18,22)(H3,17,19,20,21). The molecule has 0 radical (unpaired) electrons. The molecule has 2 aliphatic rings. The highest BCUT2D eigenvalue weighted by molar-refractivity contribution is 5.92. The van der Waals surface area contributed by atoms with E-state index < -0.39 is 0 Å². The Morgan fingerprint density at radius 1 is 1.23 bits per heavy atom. The van der Waals surface area contributed by atoms with E-state index in [2.05, 4.69) is 37.6 Å². The predicted molar refractivity (Wildman–Crippen MR) is 85.2 cm³/mol.